The van der Waals surface area contributed by atoms with Crippen LogP contribution in [0.15, 0.2) is 12.1 Å². The fourth-order valence-electron chi connectivity index (χ4n) is 2.85. The largest absolute Gasteiger partial charge is 0.492 e. The van der Waals surface area contributed by atoms with Crippen molar-refractivity contribution in [2.45, 2.75) is 39.7 Å². The Morgan fingerprint density at radius 1 is 1.11 bits per heavy atom. The van der Waals surface area contributed by atoms with Gasteiger partial charge < -0.3 is 10.5 Å². The summed E-state index contributed by atoms with van der Waals surface area (Å²) in [6.07, 6.45) is 4.06. The standard InChI is InChI=1S/C16H26N2O/c1-13-10-15(12-17)11-14(2)16(13)19-9-8-18-6-4-3-5-7-18/h10-11H,3-9,12,17H2,1-2H3. The number of aryl methyl sites for hydroxylation is 2. The van der Waals surface area contributed by atoms with Crippen molar-refractivity contribution in [3.8, 4) is 5.75 Å². The lowest BCUT2D eigenvalue weighted by Crippen LogP contribution is -2.33. The maximum Gasteiger partial charge on any atom is 0.125 e. The fourth-order valence-corrected chi connectivity index (χ4v) is 2.85. The van der Waals surface area contributed by atoms with E-state index in [0.717, 1.165) is 18.9 Å². The van der Waals surface area contributed by atoms with Gasteiger partial charge in [0.1, 0.15) is 12.4 Å². The van der Waals surface area contributed by atoms with Gasteiger partial charge >= 0.3 is 0 Å². The molecule has 3 nitrogen and oxygen atoms in total. The monoisotopic (exact) mass is 262 g/mol. The smallest absolute Gasteiger partial charge is 0.125 e. The van der Waals surface area contributed by atoms with Crippen LogP contribution in [0.1, 0.15) is 36.0 Å². The number of nitrogens with zero attached hydrogens (tertiary/aromatic N) is 1. The summed E-state index contributed by atoms with van der Waals surface area (Å²) in [5.41, 5.74) is 9.25. The molecular weight excluding hydrogens is 236 g/mol. The molecule has 1 aliphatic heterocycles. The lowest BCUT2D eigenvalue weighted by atomic mass is 10.1. The van der Waals surface area contributed by atoms with Crippen LogP contribution in [-0.2, 0) is 6.54 Å². The first kappa shape index (κ1) is 14.4. The number of likely N-dealkylation sites (tertiary alicyclic amines) is 1. The van der Waals surface area contributed by atoms with Crippen LogP contribution in [0.25, 0.3) is 0 Å². The van der Waals surface area contributed by atoms with Crippen molar-refractivity contribution in [2.24, 2.45) is 5.73 Å². The van der Waals surface area contributed by atoms with Gasteiger partial charge in [-0.2, -0.15) is 0 Å². The fraction of sp³-hybridized carbons (Fsp3) is 0.625. The van der Waals surface area contributed by atoms with Gasteiger partial charge in [0.25, 0.3) is 0 Å². The van der Waals surface area contributed by atoms with E-state index < -0.39 is 0 Å². The van der Waals surface area contributed by atoms with Gasteiger partial charge in [0, 0.05) is 13.1 Å². The lowest BCUT2D eigenvalue weighted by molar-refractivity contribution is 0.182. The molecule has 19 heavy (non-hydrogen) atoms. The van der Waals surface area contributed by atoms with Gasteiger partial charge in [-0.3, -0.25) is 4.90 Å². The topological polar surface area (TPSA) is 38.5 Å². The zero-order valence-corrected chi connectivity index (χ0v) is 12.2. The van der Waals surface area contributed by atoms with Crippen LogP contribution >= 0.6 is 0 Å². The molecule has 0 radical (unpaired) electrons. The minimum Gasteiger partial charge on any atom is -0.492 e. The Morgan fingerprint density at radius 2 is 1.74 bits per heavy atom. The van der Waals surface area contributed by atoms with Gasteiger partial charge in [-0.25, -0.2) is 0 Å². The molecule has 1 aromatic carbocycles. The number of hydrogen-bond donors (Lipinski definition) is 1. The Balaban J connectivity index is 1.88. The third-order valence-corrected chi connectivity index (χ3v) is 3.86. The van der Waals surface area contributed by atoms with E-state index in [9.17, 15) is 0 Å². The van der Waals surface area contributed by atoms with Gasteiger partial charge in [-0.05, 0) is 56.5 Å². The third-order valence-electron chi connectivity index (χ3n) is 3.86. The second-order valence-corrected chi connectivity index (χ2v) is 5.51. The Labute approximate surface area is 116 Å². The lowest BCUT2D eigenvalue weighted by Gasteiger charge is -2.26. The number of benzene rings is 1. The Morgan fingerprint density at radius 3 is 2.32 bits per heavy atom. The summed E-state index contributed by atoms with van der Waals surface area (Å²) < 4.78 is 5.99. The second-order valence-electron chi connectivity index (χ2n) is 5.51. The van der Waals surface area contributed by atoms with Crippen molar-refractivity contribution in [2.75, 3.05) is 26.2 Å². The molecule has 0 spiro atoms. The minimum atomic E-state index is 0.593. The van der Waals surface area contributed by atoms with Crippen LogP contribution in [-0.4, -0.2) is 31.1 Å². The Kier molecular flexibility index (Phi) is 5.23. The van der Waals surface area contributed by atoms with E-state index in [1.165, 1.54) is 49.0 Å². The summed E-state index contributed by atoms with van der Waals surface area (Å²) in [6.45, 7) is 9.07. The molecule has 2 N–H and O–H groups in total. The average molecular weight is 262 g/mol. The van der Waals surface area contributed by atoms with Crippen molar-refractivity contribution < 1.29 is 4.74 Å². The highest BCUT2D eigenvalue weighted by molar-refractivity contribution is 5.43. The number of piperidine rings is 1. The van der Waals surface area contributed by atoms with E-state index in [0.29, 0.717) is 6.54 Å². The molecule has 2 rings (SSSR count). The van der Waals surface area contributed by atoms with Gasteiger partial charge in [0.15, 0.2) is 0 Å². The molecule has 3 heteroatoms. The predicted molar refractivity (Wildman–Crippen MR) is 79.6 cm³/mol. The maximum absolute atomic E-state index is 5.99. The van der Waals surface area contributed by atoms with Crippen LogP contribution in [0.4, 0.5) is 0 Å². The number of nitrogens with two attached hydrogens (primary N) is 1. The van der Waals surface area contributed by atoms with Crippen LogP contribution < -0.4 is 10.5 Å². The van der Waals surface area contributed by atoms with Crippen molar-refractivity contribution in [3.63, 3.8) is 0 Å². The molecule has 0 aliphatic carbocycles. The molecule has 0 amide bonds. The van der Waals surface area contributed by atoms with E-state index >= 15 is 0 Å². The highest BCUT2D eigenvalue weighted by Crippen LogP contribution is 2.24. The molecule has 0 saturated carbocycles. The third kappa shape index (κ3) is 3.95. The number of hydrogen-bond acceptors (Lipinski definition) is 3. The number of rotatable bonds is 5. The summed E-state index contributed by atoms with van der Waals surface area (Å²) in [7, 11) is 0. The van der Waals surface area contributed by atoms with Crippen molar-refractivity contribution in [1.29, 1.82) is 0 Å². The number of ether oxygens (including phenoxy) is 1. The van der Waals surface area contributed by atoms with Crippen LogP contribution in [0.5, 0.6) is 5.75 Å². The van der Waals surface area contributed by atoms with E-state index in [4.69, 9.17) is 10.5 Å². The summed E-state index contributed by atoms with van der Waals surface area (Å²) in [5.74, 6) is 1.04. The SMILES string of the molecule is Cc1cc(CN)cc(C)c1OCCN1CCCCC1. The molecule has 1 saturated heterocycles. The highest BCUT2D eigenvalue weighted by atomic mass is 16.5. The zero-order chi connectivity index (χ0) is 13.7. The molecule has 0 atom stereocenters. The molecule has 1 aliphatic rings. The molecule has 1 aromatic rings. The first-order valence-electron chi connectivity index (χ1n) is 7.36. The Bertz CT molecular complexity index is 388. The normalized spacial score (nSPS) is 16.6. The first-order chi connectivity index (χ1) is 9.20. The van der Waals surface area contributed by atoms with Crippen molar-refractivity contribution in [1.82, 2.24) is 4.90 Å². The Hall–Kier alpha value is -1.06. The maximum atomic E-state index is 5.99. The molecule has 1 fully saturated rings. The van der Waals surface area contributed by atoms with Crippen LogP contribution in [0, 0.1) is 13.8 Å². The predicted octanol–water partition coefficient (Wildman–Crippen LogP) is 2.63. The first-order valence-corrected chi connectivity index (χ1v) is 7.36. The molecule has 0 aromatic heterocycles. The van der Waals surface area contributed by atoms with E-state index in [1.807, 2.05) is 0 Å². The minimum absolute atomic E-state index is 0.593. The van der Waals surface area contributed by atoms with Crippen molar-refractivity contribution >= 4 is 0 Å². The van der Waals surface area contributed by atoms with Gasteiger partial charge in [-0.1, -0.05) is 18.6 Å². The van der Waals surface area contributed by atoms with Gasteiger partial charge in [0.05, 0.1) is 0 Å². The second kappa shape index (κ2) is 6.92. The summed E-state index contributed by atoms with van der Waals surface area (Å²) in [6, 6.07) is 4.26. The average Bonchev–Trinajstić information content (AvgIpc) is 2.42. The highest BCUT2D eigenvalue weighted by Gasteiger charge is 2.11. The molecule has 106 valence electrons. The van der Waals surface area contributed by atoms with Crippen LogP contribution in [0.3, 0.4) is 0 Å². The quantitative estimate of drug-likeness (QED) is 0.886. The zero-order valence-electron chi connectivity index (χ0n) is 12.2. The molecule has 1 heterocycles. The molecule has 0 unspecified atom stereocenters. The van der Waals surface area contributed by atoms with Crippen molar-refractivity contribution in [3.05, 3.63) is 28.8 Å². The van der Waals surface area contributed by atoms with E-state index in [2.05, 4.69) is 30.9 Å². The molecule has 0 bridgehead atoms. The summed E-state index contributed by atoms with van der Waals surface area (Å²) in [4.78, 5) is 2.50. The van der Waals surface area contributed by atoms with Gasteiger partial charge in [-0.15, -0.1) is 0 Å². The van der Waals surface area contributed by atoms with E-state index in [1.54, 1.807) is 0 Å². The summed E-state index contributed by atoms with van der Waals surface area (Å²) in [5, 5.41) is 0. The van der Waals surface area contributed by atoms with E-state index in [-0.39, 0.29) is 0 Å². The summed E-state index contributed by atoms with van der Waals surface area (Å²) >= 11 is 0. The molecular formula is C16H26N2O. The van der Waals surface area contributed by atoms with Gasteiger partial charge in [0.2, 0.25) is 0 Å². The van der Waals surface area contributed by atoms with Crippen LogP contribution in [0.2, 0.25) is 0 Å².